The Bertz CT molecular complexity index is 917. The first-order valence-electron chi connectivity index (χ1n) is 8.10. The van der Waals surface area contributed by atoms with E-state index in [0.717, 1.165) is 11.8 Å². The van der Waals surface area contributed by atoms with E-state index in [1.165, 1.54) is 7.11 Å². The minimum Gasteiger partial charge on any atom is -0.508 e. The normalized spacial score (nSPS) is 10.6. The first-order valence-corrected chi connectivity index (χ1v) is 8.48. The molecule has 154 valence electrons. The molecule has 0 aliphatic rings. The zero-order chi connectivity index (χ0) is 21.4. The van der Waals surface area contributed by atoms with Crippen LogP contribution in [0.1, 0.15) is 5.56 Å². The van der Waals surface area contributed by atoms with Crippen LogP contribution in [0.4, 0.5) is 13.2 Å². The highest BCUT2D eigenvalue weighted by Crippen LogP contribution is 2.34. The van der Waals surface area contributed by atoms with Crippen molar-refractivity contribution in [1.82, 2.24) is 4.98 Å². The molecule has 3 aromatic rings. The van der Waals surface area contributed by atoms with Crippen LogP contribution in [-0.2, 0) is 6.18 Å². The van der Waals surface area contributed by atoms with E-state index in [1.54, 1.807) is 55.6 Å². The SMILES string of the molecule is COc1ccc(O)cc1.COc1ccc(Oc2ncc(C(F)(F)F)cc2Cl)cc1. The first-order chi connectivity index (χ1) is 13.7. The van der Waals surface area contributed by atoms with Crippen molar-refractivity contribution in [1.29, 1.82) is 0 Å². The number of nitrogens with zero attached hydrogens (tertiary/aromatic N) is 1. The summed E-state index contributed by atoms with van der Waals surface area (Å²) in [5.41, 5.74) is -0.926. The molecule has 1 N–H and O–H groups in total. The van der Waals surface area contributed by atoms with Gasteiger partial charge in [0.2, 0.25) is 5.88 Å². The number of phenolic OH excluding ortho intramolecular Hbond substituents is 1. The lowest BCUT2D eigenvalue weighted by molar-refractivity contribution is -0.137. The van der Waals surface area contributed by atoms with E-state index in [-0.39, 0.29) is 16.7 Å². The van der Waals surface area contributed by atoms with E-state index in [4.69, 9.17) is 30.9 Å². The maximum Gasteiger partial charge on any atom is 0.417 e. The minimum absolute atomic E-state index is 0.0927. The third-order valence-electron chi connectivity index (χ3n) is 3.48. The molecule has 0 unspecified atom stereocenters. The van der Waals surface area contributed by atoms with Crippen molar-refractivity contribution >= 4 is 11.6 Å². The van der Waals surface area contributed by atoms with Crippen molar-refractivity contribution in [2.45, 2.75) is 6.18 Å². The van der Waals surface area contributed by atoms with Gasteiger partial charge in [0.15, 0.2) is 0 Å². The smallest absolute Gasteiger partial charge is 0.417 e. The maximum atomic E-state index is 12.5. The zero-order valence-electron chi connectivity index (χ0n) is 15.4. The lowest BCUT2D eigenvalue weighted by atomic mass is 10.3. The standard InChI is InChI=1S/C13H9ClF3NO2.C7H8O2/c1-19-9-2-4-10(5-3-9)20-12-11(14)6-8(7-18-12)13(15,16)17;1-9-7-4-2-6(8)3-5-7/h2-7H,1H3;2-5,8H,1H3. The summed E-state index contributed by atoms with van der Waals surface area (Å²) in [5.74, 6) is 1.94. The third kappa shape index (κ3) is 6.76. The van der Waals surface area contributed by atoms with E-state index in [2.05, 4.69) is 4.98 Å². The van der Waals surface area contributed by atoms with Gasteiger partial charge in [0.05, 0.1) is 19.8 Å². The summed E-state index contributed by atoms with van der Waals surface area (Å²) in [6.45, 7) is 0. The molecule has 0 amide bonds. The summed E-state index contributed by atoms with van der Waals surface area (Å²) in [6.07, 6.45) is -3.82. The van der Waals surface area contributed by atoms with E-state index >= 15 is 0 Å². The van der Waals surface area contributed by atoms with Crippen LogP contribution in [0.25, 0.3) is 0 Å². The van der Waals surface area contributed by atoms with Crippen molar-refractivity contribution < 1.29 is 32.5 Å². The second-order valence-electron chi connectivity index (χ2n) is 5.48. The van der Waals surface area contributed by atoms with Gasteiger partial charge < -0.3 is 19.3 Å². The molecule has 0 spiro atoms. The van der Waals surface area contributed by atoms with E-state index in [9.17, 15) is 13.2 Å². The predicted molar refractivity (Wildman–Crippen MR) is 102 cm³/mol. The van der Waals surface area contributed by atoms with Gasteiger partial charge in [0.1, 0.15) is 28.0 Å². The topological polar surface area (TPSA) is 60.8 Å². The van der Waals surface area contributed by atoms with Crippen LogP contribution in [0.2, 0.25) is 5.02 Å². The summed E-state index contributed by atoms with van der Waals surface area (Å²) in [5, 5.41) is 8.58. The van der Waals surface area contributed by atoms with Gasteiger partial charge in [-0.3, -0.25) is 0 Å². The van der Waals surface area contributed by atoms with Gasteiger partial charge in [-0.25, -0.2) is 4.98 Å². The van der Waals surface area contributed by atoms with Crippen LogP contribution in [0.5, 0.6) is 28.9 Å². The molecule has 1 heterocycles. The fourth-order valence-corrected chi connectivity index (χ4v) is 2.20. The molecular formula is C20H17ClF3NO4. The summed E-state index contributed by atoms with van der Waals surface area (Å²) in [6, 6.07) is 13.8. The highest BCUT2D eigenvalue weighted by molar-refractivity contribution is 6.31. The van der Waals surface area contributed by atoms with Crippen LogP contribution < -0.4 is 14.2 Å². The van der Waals surface area contributed by atoms with Crippen molar-refractivity contribution in [3.63, 3.8) is 0 Å². The van der Waals surface area contributed by atoms with E-state index in [1.807, 2.05) is 0 Å². The number of phenols is 1. The zero-order valence-corrected chi connectivity index (χ0v) is 16.2. The number of rotatable bonds is 4. The Morgan fingerprint density at radius 3 is 1.79 bits per heavy atom. The molecular weight excluding hydrogens is 411 g/mol. The van der Waals surface area contributed by atoms with Crippen LogP contribution >= 0.6 is 11.6 Å². The average molecular weight is 428 g/mol. The molecule has 3 rings (SSSR count). The van der Waals surface area contributed by atoms with Gasteiger partial charge in [0.25, 0.3) is 0 Å². The number of hydrogen-bond acceptors (Lipinski definition) is 5. The second kappa shape index (κ2) is 9.88. The fourth-order valence-electron chi connectivity index (χ4n) is 1.99. The number of aromatic nitrogens is 1. The summed E-state index contributed by atoms with van der Waals surface area (Å²) < 4.78 is 52.5. The van der Waals surface area contributed by atoms with Gasteiger partial charge >= 0.3 is 6.18 Å². The van der Waals surface area contributed by atoms with Crippen LogP contribution in [0.15, 0.2) is 60.8 Å². The predicted octanol–water partition coefficient (Wildman–Crippen LogP) is 5.96. The largest absolute Gasteiger partial charge is 0.508 e. The Morgan fingerprint density at radius 1 is 0.862 bits per heavy atom. The van der Waals surface area contributed by atoms with Gasteiger partial charge in [0, 0.05) is 6.20 Å². The number of benzene rings is 2. The summed E-state index contributed by atoms with van der Waals surface area (Å²) in [4.78, 5) is 3.58. The highest BCUT2D eigenvalue weighted by atomic mass is 35.5. The molecule has 0 bridgehead atoms. The summed E-state index contributed by atoms with van der Waals surface area (Å²) in [7, 11) is 3.11. The molecule has 9 heteroatoms. The third-order valence-corrected chi connectivity index (χ3v) is 3.75. The Hall–Kier alpha value is -3.13. The van der Waals surface area contributed by atoms with Crippen LogP contribution in [0, 0.1) is 0 Å². The number of alkyl halides is 3. The van der Waals surface area contributed by atoms with Crippen molar-refractivity contribution in [2.75, 3.05) is 14.2 Å². The molecule has 1 aromatic heterocycles. The number of hydrogen-bond donors (Lipinski definition) is 1. The Labute approximate surface area is 170 Å². The molecule has 0 saturated heterocycles. The number of ether oxygens (including phenoxy) is 3. The fraction of sp³-hybridized carbons (Fsp3) is 0.150. The first kappa shape index (κ1) is 22.2. The number of aromatic hydroxyl groups is 1. The van der Waals surface area contributed by atoms with Crippen molar-refractivity contribution in [3.8, 4) is 28.9 Å². The van der Waals surface area contributed by atoms with Gasteiger partial charge in [-0.1, -0.05) is 11.6 Å². The Morgan fingerprint density at radius 2 is 1.34 bits per heavy atom. The Balaban J connectivity index is 0.000000278. The Kier molecular flexibility index (Phi) is 7.55. The minimum atomic E-state index is -4.49. The number of pyridine rings is 1. The molecule has 2 aromatic carbocycles. The van der Waals surface area contributed by atoms with Crippen LogP contribution in [-0.4, -0.2) is 24.3 Å². The van der Waals surface area contributed by atoms with Crippen LogP contribution in [0.3, 0.4) is 0 Å². The van der Waals surface area contributed by atoms with E-state index in [0.29, 0.717) is 17.7 Å². The highest BCUT2D eigenvalue weighted by Gasteiger charge is 2.31. The molecule has 0 aliphatic heterocycles. The molecule has 0 atom stereocenters. The molecule has 5 nitrogen and oxygen atoms in total. The molecule has 0 aliphatic carbocycles. The monoisotopic (exact) mass is 427 g/mol. The number of methoxy groups -OCH3 is 2. The van der Waals surface area contributed by atoms with Crippen molar-refractivity contribution in [3.05, 3.63) is 71.4 Å². The lowest BCUT2D eigenvalue weighted by Gasteiger charge is -2.10. The van der Waals surface area contributed by atoms with E-state index < -0.39 is 11.7 Å². The lowest BCUT2D eigenvalue weighted by Crippen LogP contribution is -2.05. The number of halogens is 4. The second-order valence-corrected chi connectivity index (χ2v) is 5.89. The van der Waals surface area contributed by atoms with Gasteiger partial charge in [-0.2, -0.15) is 13.2 Å². The average Bonchev–Trinajstić information content (AvgIpc) is 2.70. The quantitative estimate of drug-likeness (QED) is 0.557. The molecule has 0 fully saturated rings. The van der Waals surface area contributed by atoms with Crippen molar-refractivity contribution in [2.24, 2.45) is 0 Å². The molecule has 0 radical (unpaired) electrons. The molecule has 29 heavy (non-hydrogen) atoms. The molecule has 0 saturated carbocycles. The summed E-state index contributed by atoms with van der Waals surface area (Å²) >= 11 is 5.73. The van der Waals surface area contributed by atoms with Gasteiger partial charge in [-0.05, 0) is 54.6 Å². The van der Waals surface area contributed by atoms with Gasteiger partial charge in [-0.15, -0.1) is 0 Å². The maximum absolute atomic E-state index is 12.5.